The molecule has 2 nitrogen and oxygen atoms in total. The second kappa shape index (κ2) is 12.6. The topological polar surface area (TPSA) is 18.5 Å². The van der Waals surface area contributed by atoms with Crippen LogP contribution in [0.15, 0.2) is 54.6 Å². The van der Waals surface area contributed by atoms with Crippen molar-refractivity contribution in [3.63, 3.8) is 0 Å². The third-order valence-electron chi connectivity index (χ3n) is 7.26. The van der Waals surface area contributed by atoms with Gasteiger partial charge in [0.2, 0.25) is 0 Å². The molecule has 0 saturated heterocycles. The van der Waals surface area contributed by atoms with Crippen LogP contribution in [-0.2, 0) is 6.42 Å². The van der Waals surface area contributed by atoms with Gasteiger partial charge >= 0.3 is 0 Å². The summed E-state index contributed by atoms with van der Waals surface area (Å²) in [6, 6.07) is 20.0. The van der Waals surface area contributed by atoms with Gasteiger partial charge in [0.05, 0.1) is 13.2 Å². The van der Waals surface area contributed by atoms with Gasteiger partial charge in [0, 0.05) is 25.7 Å². The van der Waals surface area contributed by atoms with Gasteiger partial charge in [-0.15, -0.1) is 11.3 Å². The molecule has 4 rings (SSSR count). The van der Waals surface area contributed by atoms with Crippen LogP contribution in [0.4, 0.5) is 0 Å². The molecule has 4 aromatic rings. The summed E-state index contributed by atoms with van der Waals surface area (Å²) in [6.45, 7) is 19.5. The summed E-state index contributed by atoms with van der Waals surface area (Å²) >= 11 is 1.87. The van der Waals surface area contributed by atoms with E-state index in [4.69, 9.17) is 9.47 Å². The van der Waals surface area contributed by atoms with Crippen LogP contribution in [0.5, 0.6) is 11.5 Å². The van der Waals surface area contributed by atoms with Crippen molar-refractivity contribution in [3.8, 4) is 11.5 Å². The van der Waals surface area contributed by atoms with Crippen molar-refractivity contribution in [2.45, 2.75) is 74.7 Å². The molecule has 208 valence electrons. The molecule has 3 heteroatoms. The third kappa shape index (κ3) is 7.25. The summed E-state index contributed by atoms with van der Waals surface area (Å²) in [7, 11) is 0. The predicted octanol–water partition coefficient (Wildman–Crippen LogP) is 11.1. The van der Waals surface area contributed by atoms with Gasteiger partial charge in [-0.25, -0.2) is 0 Å². The Balaban J connectivity index is 1.87. The Morgan fingerprint density at radius 2 is 1.36 bits per heavy atom. The van der Waals surface area contributed by atoms with Gasteiger partial charge in [0.15, 0.2) is 0 Å². The van der Waals surface area contributed by atoms with Crippen LogP contribution in [0, 0.1) is 17.3 Å². The summed E-state index contributed by atoms with van der Waals surface area (Å²) in [6.07, 6.45) is 5.41. The van der Waals surface area contributed by atoms with Gasteiger partial charge in [0.1, 0.15) is 11.5 Å². The number of ether oxygens (including phenoxy) is 2. The number of aryl methyl sites for hydroxylation is 1. The van der Waals surface area contributed by atoms with Gasteiger partial charge in [0.25, 0.3) is 0 Å². The normalized spacial score (nSPS) is 12.7. The highest BCUT2D eigenvalue weighted by molar-refractivity contribution is 7.25. The molecule has 0 radical (unpaired) electrons. The lowest BCUT2D eigenvalue weighted by atomic mass is 9.81. The Labute approximate surface area is 240 Å². The van der Waals surface area contributed by atoms with E-state index in [1.165, 1.54) is 36.9 Å². The fourth-order valence-corrected chi connectivity index (χ4v) is 6.03. The molecule has 0 aliphatic carbocycles. The molecular weight excluding hydrogens is 496 g/mol. The van der Waals surface area contributed by atoms with Gasteiger partial charge in [-0.3, -0.25) is 0 Å². The molecule has 0 bridgehead atoms. The zero-order valence-electron chi connectivity index (χ0n) is 25.2. The molecule has 0 spiro atoms. The van der Waals surface area contributed by atoms with Crippen LogP contribution in [0.3, 0.4) is 0 Å². The molecule has 0 N–H and O–H groups in total. The van der Waals surface area contributed by atoms with Crippen LogP contribution >= 0.6 is 11.3 Å². The number of allylic oxidation sites excluding steroid dienone is 1. The second-order valence-electron chi connectivity index (χ2n) is 12.5. The van der Waals surface area contributed by atoms with E-state index in [9.17, 15) is 0 Å². The molecule has 0 atom stereocenters. The van der Waals surface area contributed by atoms with Gasteiger partial charge < -0.3 is 9.47 Å². The summed E-state index contributed by atoms with van der Waals surface area (Å²) in [4.78, 5) is 0. The molecule has 0 saturated carbocycles. The average molecular weight is 543 g/mol. The highest BCUT2D eigenvalue weighted by Crippen LogP contribution is 2.43. The minimum Gasteiger partial charge on any atom is -0.493 e. The highest BCUT2D eigenvalue weighted by Gasteiger charge is 2.21. The molecular formula is C36H46O2S. The van der Waals surface area contributed by atoms with E-state index in [0.29, 0.717) is 18.4 Å². The molecule has 0 amide bonds. The van der Waals surface area contributed by atoms with Crippen molar-refractivity contribution < 1.29 is 9.47 Å². The van der Waals surface area contributed by atoms with E-state index in [0.717, 1.165) is 42.9 Å². The summed E-state index contributed by atoms with van der Waals surface area (Å²) < 4.78 is 15.4. The van der Waals surface area contributed by atoms with E-state index in [1.807, 2.05) is 11.3 Å². The Morgan fingerprint density at radius 1 is 0.795 bits per heavy atom. The lowest BCUT2D eigenvalue weighted by Crippen LogP contribution is -2.08. The minimum absolute atomic E-state index is 0.00999. The van der Waals surface area contributed by atoms with Gasteiger partial charge in [-0.2, -0.15) is 0 Å². The number of hydrogen-bond donors (Lipinski definition) is 0. The smallest absolute Gasteiger partial charge is 0.127 e. The van der Waals surface area contributed by atoms with Gasteiger partial charge in [-0.1, -0.05) is 85.7 Å². The maximum atomic E-state index is 6.52. The SMILES string of the molecule is CCc1cc2sc3cc(C=C(c4ccccc4)C(C)(C)C)c(OCCC(C)C)cc3c2cc1OCCC(C)C. The van der Waals surface area contributed by atoms with Crippen LogP contribution < -0.4 is 9.47 Å². The molecule has 0 unspecified atom stereocenters. The molecule has 0 fully saturated rings. The first-order valence-corrected chi connectivity index (χ1v) is 15.4. The Hall–Kier alpha value is -2.78. The summed E-state index contributed by atoms with van der Waals surface area (Å²) in [5, 5.41) is 2.51. The third-order valence-corrected chi connectivity index (χ3v) is 8.38. The molecule has 0 aliphatic heterocycles. The number of hydrogen-bond acceptors (Lipinski definition) is 3. The van der Waals surface area contributed by atoms with Crippen molar-refractivity contribution >= 4 is 43.2 Å². The predicted molar refractivity (Wildman–Crippen MR) is 172 cm³/mol. The van der Waals surface area contributed by atoms with Gasteiger partial charge in [-0.05, 0) is 83.6 Å². The van der Waals surface area contributed by atoms with Crippen molar-refractivity contribution in [1.82, 2.24) is 0 Å². The monoisotopic (exact) mass is 542 g/mol. The Bertz CT molecular complexity index is 1420. The first-order valence-electron chi connectivity index (χ1n) is 14.6. The highest BCUT2D eigenvalue weighted by atomic mass is 32.1. The summed E-state index contributed by atoms with van der Waals surface area (Å²) in [5.41, 5.74) is 4.99. The lowest BCUT2D eigenvalue weighted by Gasteiger charge is -2.24. The minimum atomic E-state index is -0.00999. The Morgan fingerprint density at radius 3 is 1.92 bits per heavy atom. The fraction of sp³-hybridized carbons (Fsp3) is 0.444. The van der Waals surface area contributed by atoms with E-state index < -0.39 is 0 Å². The summed E-state index contributed by atoms with van der Waals surface area (Å²) in [5.74, 6) is 3.21. The van der Waals surface area contributed by atoms with Crippen molar-refractivity contribution in [1.29, 1.82) is 0 Å². The first-order chi connectivity index (χ1) is 18.6. The quantitative estimate of drug-likeness (QED) is 0.175. The second-order valence-corrected chi connectivity index (χ2v) is 13.6. The van der Waals surface area contributed by atoms with Crippen molar-refractivity contribution in [3.05, 3.63) is 71.3 Å². The molecule has 39 heavy (non-hydrogen) atoms. The molecule has 1 aromatic heterocycles. The van der Waals surface area contributed by atoms with Crippen LogP contribution in [-0.4, -0.2) is 13.2 Å². The maximum Gasteiger partial charge on any atom is 0.127 e. The number of rotatable bonds is 11. The number of thiophene rings is 1. The van der Waals surface area contributed by atoms with E-state index in [1.54, 1.807) is 0 Å². The number of benzene rings is 3. The van der Waals surface area contributed by atoms with Crippen molar-refractivity contribution in [2.24, 2.45) is 17.3 Å². The van der Waals surface area contributed by atoms with E-state index in [-0.39, 0.29) is 5.41 Å². The standard InChI is InChI=1S/C36H46O2S/c1-9-26-20-34-29(22-32(26)37-17-15-24(2)3)30-23-33(38-18-16-25(4)5)28(21-35(30)39-34)19-31(36(6,7)8)27-13-11-10-12-14-27/h10-14,19-25H,9,15-18H2,1-8H3. The first kappa shape index (κ1) is 29.2. The number of fused-ring (bicyclic) bond motifs is 3. The zero-order valence-corrected chi connectivity index (χ0v) is 26.0. The van der Waals surface area contributed by atoms with Crippen LogP contribution in [0.1, 0.15) is 84.9 Å². The maximum absolute atomic E-state index is 6.52. The Kier molecular flexibility index (Phi) is 9.43. The van der Waals surface area contributed by atoms with Crippen LogP contribution in [0.25, 0.3) is 31.8 Å². The van der Waals surface area contributed by atoms with E-state index in [2.05, 4.69) is 116 Å². The lowest BCUT2D eigenvalue weighted by molar-refractivity contribution is 0.287. The molecule has 1 heterocycles. The zero-order chi connectivity index (χ0) is 28.2. The van der Waals surface area contributed by atoms with Crippen LogP contribution in [0.2, 0.25) is 0 Å². The van der Waals surface area contributed by atoms with Crippen molar-refractivity contribution in [2.75, 3.05) is 13.2 Å². The molecule has 0 aliphatic rings. The van der Waals surface area contributed by atoms with E-state index >= 15 is 0 Å². The average Bonchev–Trinajstić information content (AvgIpc) is 3.22. The largest absolute Gasteiger partial charge is 0.493 e. The molecule has 3 aromatic carbocycles. The fourth-order valence-electron chi connectivity index (χ4n) is 4.85.